The second kappa shape index (κ2) is 9.40. The molecule has 1 aliphatic rings. The van der Waals surface area contributed by atoms with Crippen molar-refractivity contribution >= 4 is 56.0 Å². The van der Waals surface area contributed by atoms with E-state index in [2.05, 4.69) is 21.2 Å². The smallest absolute Gasteiger partial charge is 0.316 e. The fourth-order valence-electron chi connectivity index (χ4n) is 2.97. The highest BCUT2D eigenvalue weighted by molar-refractivity contribution is 9.10. The lowest BCUT2D eigenvalue weighted by Crippen LogP contribution is -2.22. The number of anilines is 1. The lowest BCUT2D eigenvalue weighted by molar-refractivity contribution is -0.144. The molecule has 0 bridgehead atoms. The van der Waals surface area contributed by atoms with Crippen LogP contribution < -0.4 is 14.8 Å². The Morgan fingerprint density at radius 1 is 1.03 bits per heavy atom. The molecule has 0 saturated carbocycles. The number of amides is 1. The Kier molecular flexibility index (Phi) is 6.44. The molecule has 0 unspecified atom stereocenters. The van der Waals surface area contributed by atoms with E-state index in [1.54, 1.807) is 18.2 Å². The van der Waals surface area contributed by atoms with E-state index in [1.165, 1.54) is 11.8 Å². The van der Waals surface area contributed by atoms with Crippen LogP contribution in [-0.4, -0.2) is 37.4 Å². The molecular formula is C22H18BrNO5S. The van der Waals surface area contributed by atoms with Gasteiger partial charge in [-0.1, -0.05) is 30.3 Å². The number of hydrogen-bond donors (Lipinski definition) is 1. The minimum atomic E-state index is -0.461. The van der Waals surface area contributed by atoms with Crippen LogP contribution in [0, 0.1) is 0 Å². The van der Waals surface area contributed by atoms with Crippen molar-refractivity contribution in [3.05, 3.63) is 59.1 Å². The Labute approximate surface area is 186 Å². The summed E-state index contributed by atoms with van der Waals surface area (Å²) < 4.78 is 17.0. The minimum Gasteiger partial charge on any atom is -0.486 e. The number of nitrogens with one attached hydrogen (secondary N) is 1. The van der Waals surface area contributed by atoms with Crippen LogP contribution in [0.5, 0.6) is 11.5 Å². The first kappa shape index (κ1) is 20.6. The number of thioether (sulfide) groups is 1. The van der Waals surface area contributed by atoms with E-state index in [4.69, 9.17) is 14.2 Å². The molecular weight excluding hydrogens is 470 g/mol. The molecule has 6 nitrogen and oxygen atoms in total. The molecule has 0 atom stereocenters. The van der Waals surface area contributed by atoms with E-state index in [0.717, 1.165) is 20.1 Å². The number of hydrogen-bond acceptors (Lipinski definition) is 6. The predicted octanol–water partition coefficient (Wildman–Crippen LogP) is 4.65. The second-order valence-electron chi connectivity index (χ2n) is 6.45. The summed E-state index contributed by atoms with van der Waals surface area (Å²) in [5.41, 5.74) is 0.551. The normalized spacial score (nSPS) is 12.4. The van der Waals surface area contributed by atoms with Gasteiger partial charge in [0.05, 0.1) is 5.75 Å². The van der Waals surface area contributed by atoms with Crippen molar-refractivity contribution in [1.82, 2.24) is 0 Å². The Hall–Kier alpha value is -2.71. The van der Waals surface area contributed by atoms with Crippen LogP contribution in [0.3, 0.4) is 0 Å². The molecule has 0 radical (unpaired) electrons. The molecule has 0 aliphatic carbocycles. The lowest BCUT2D eigenvalue weighted by atomic mass is 10.1. The van der Waals surface area contributed by atoms with E-state index in [0.29, 0.717) is 30.4 Å². The van der Waals surface area contributed by atoms with Crippen LogP contribution in [0.1, 0.15) is 0 Å². The summed E-state index contributed by atoms with van der Waals surface area (Å²) in [6, 6.07) is 17.1. The number of halogens is 1. The summed E-state index contributed by atoms with van der Waals surface area (Å²) in [6.07, 6.45) is 0. The van der Waals surface area contributed by atoms with E-state index >= 15 is 0 Å². The molecule has 30 heavy (non-hydrogen) atoms. The van der Waals surface area contributed by atoms with Crippen molar-refractivity contribution < 1.29 is 23.8 Å². The van der Waals surface area contributed by atoms with Gasteiger partial charge in [-0.25, -0.2) is 0 Å². The first-order chi connectivity index (χ1) is 14.6. The monoisotopic (exact) mass is 487 g/mol. The van der Waals surface area contributed by atoms with Gasteiger partial charge in [0.2, 0.25) is 0 Å². The van der Waals surface area contributed by atoms with Crippen molar-refractivity contribution in [3.8, 4) is 11.5 Å². The summed E-state index contributed by atoms with van der Waals surface area (Å²) in [4.78, 5) is 25.1. The van der Waals surface area contributed by atoms with Gasteiger partial charge in [-0.15, -0.1) is 11.8 Å². The van der Waals surface area contributed by atoms with Crippen molar-refractivity contribution in [1.29, 1.82) is 0 Å². The first-order valence-corrected chi connectivity index (χ1v) is 11.0. The number of ether oxygens (including phenoxy) is 3. The quantitative estimate of drug-likeness (QED) is 0.403. The third-order valence-corrected chi connectivity index (χ3v) is 6.51. The van der Waals surface area contributed by atoms with Crippen molar-refractivity contribution in [2.24, 2.45) is 0 Å². The van der Waals surface area contributed by atoms with Gasteiger partial charge in [-0.2, -0.15) is 0 Å². The molecule has 1 amide bonds. The number of carbonyl (C=O) groups excluding carboxylic acids is 2. The fraction of sp³-hybridized carbons (Fsp3) is 0.182. The molecule has 1 aliphatic heterocycles. The summed E-state index contributed by atoms with van der Waals surface area (Å²) in [5.74, 6) is 0.444. The van der Waals surface area contributed by atoms with E-state index in [9.17, 15) is 9.59 Å². The van der Waals surface area contributed by atoms with Gasteiger partial charge < -0.3 is 19.5 Å². The SMILES string of the molecule is O=C(COC(=O)CSc1ccc2ccccc2c1Br)Nc1ccc2c(c1)OCCO2. The zero-order valence-corrected chi connectivity index (χ0v) is 18.3. The summed E-state index contributed by atoms with van der Waals surface area (Å²) in [5, 5.41) is 4.88. The standard InChI is InChI=1S/C22H18BrNO5S/c23-22-16-4-2-1-3-14(16)5-8-19(22)30-13-21(26)29-12-20(25)24-15-6-7-17-18(11-15)28-10-9-27-17/h1-8,11H,9-10,12-13H2,(H,24,25). The highest BCUT2D eigenvalue weighted by Gasteiger charge is 2.14. The van der Waals surface area contributed by atoms with Gasteiger partial charge in [0.15, 0.2) is 18.1 Å². The largest absolute Gasteiger partial charge is 0.486 e. The molecule has 8 heteroatoms. The maximum atomic E-state index is 12.1. The molecule has 3 aromatic rings. The van der Waals surface area contributed by atoms with Crippen LogP contribution in [0.15, 0.2) is 64.0 Å². The Balaban J connectivity index is 1.27. The summed E-state index contributed by atoms with van der Waals surface area (Å²) in [6.45, 7) is 0.613. The Bertz CT molecular complexity index is 1100. The van der Waals surface area contributed by atoms with E-state index in [-0.39, 0.29) is 12.4 Å². The Morgan fingerprint density at radius 3 is 2.70 bits per heavy atom. The molecule has 4 rings (SSSR count). The average molecular weight is 488 g/mol. The number of benzene rings is 3. The van der Waals surface area contributed by atoms with Gasteiger partial charge in [0.25, 0.3) is 5.91 Å². The zero-order valence-electron chi connectivity index (χ0n) is 15.9. The van der Waals surface area contributed by atoms with Crippen molar-refractivity contribution in [2.75, 3.05) is 30.9 Å². The number of esters is 1. The number of fused-ring (bicyclic) bond motifs is 2. The molecule has 3 aromatic carbocycles. The summed E-state index contributed by atoms with van der Waals surface area (Å²) >= 11 is 4.96. The molecule has 0 spiro atoms. The molecule has 1 heterocycles. The predicted molar refractivity (Wildman–Crippen MR) is 119 cm³/mol. The third-order valence-electron chi connectivity index (χ3n) is 4.36. The lowest BCUT2D eigenvalue weighted by Gasteiger charge is -2.19. The van der Waals surface area contributed by atoms with Crippen molar-refractivity contribution in [3.63, 3.8) is 0 Å². The van der Waals surface area contributed by atoms with Gasteiger partial charge in [-0.3, -0.25) is 9.59 Å². The zero-order chi connectivity index (χ0) is 20.9. The van der Waals surface area contributed by atoms with Crippen LogP contribution >= 0.6 is 27.7 Å². The molecule has 1 N–H and O–H groups in total. The van der Waals surface area contributed by atoms with E-state index in [1.807, 2.05) is 36.4 Å². The van der Waals surface area contributed by atoms with Crippen LogP contribution in [0.4, 0.5) is 5.69 Å². The topological polar surface area (TPSA) is 73.9 Å². The third kappa shape index (κ3) is 4.88. The molecule has 0 aromatic heterocycles. The van der Waals surface area contributed by atoms with E-state index < -0.39 is 11.9 Å². The second-order valence-corrected chi connectivity index (χ2v) is 8.26. The highest BCUT2D eigenvalue weighted by atomic mass is 79.9. The maximum absolute atomic E-state index is 12.1. The Morgan fingerprint density at radius 2 is 1.83 bits per heavy atom. The van der Waals surface area contributed by atoms with Gasteiger partial charge >= 0.3 is 5.97 Å². The van der Waals surface area contributed by atoms with Crippen LogP contribution in [0.2, 0.25) is 0 Å². The van der Waals surface area contributed by atoms with Crippen LogP contribution in [-0.2, 0) is 14.3 Å². The summed E-state index contributed by atoms with van der Waals surface area (Å²) in [7, 11) is 0. The average Bonchev–Trinajstić information content (AvgIpc) is 2.77. The van der Waals surface area contributed by atoms with Gasteiger partial charge in [0, 0.05) is 21.1 Å². The minimum absolute atomic E-state index is 0.105. The van der Waals surface area contributed by atoms with Crippen molar-refractivity contribution in [2.45, 2.75) is 4.90 Å². The first-order valence-electron chi connectivity index (χ1n) is 9.25. The molecule has 0 fully saturated rings. The van der Waals surface area contributed by atoms with Gasteiger partial charge in [-0.05, 0) is 44.9 Å². The fourth-order valence-corrected chi connectivity index (χ4v) is 4.56. The van der Waals surface area contributed by atoms with Gasteiger partial charge in [0.1, 0.15) is 13.2 Å². The molecule has 0 saturated heterocycles. The van der Waals surface area contributed by atoms with Crippen LogP contribution in [0.25, 0.3) is 10.8 Å². The number of rotatable bonds is 6. The maximum Gasteiger partial charge on any atom is 0.316 e. The number of carbonyl (C=O) groups is 2. The highest BCUT2D eigenvalue weighted by Crippen LogP contribution is 2.34. The molecule has 154 valence electrons.